The molecule has 0 fully saturated rings. The molecule has 1 unspecified atom stereocenters. The van der Waals surface area contributed by atoms with Gasteiger partial charge in [0, 0.05) is 70.2 Å². The Bertz CT molecular complexity index is 1640. The second kappa shape index (κ2) is 12.3. The number of hydrogen-bond donors (Lipinski definition) is 4. The smallest absolute Gasteiger partial charge is 0.271 e. The summed E-state index contributed by atoms with van der Waals surface area (Å²) in [4.78, 5) is 57.7. The number of anilines is 3. The number of nitro groups is 3. The Morgan fingerprint density at radius 3 is 1.38 bits per heavy atom. The molecule has 2 amide bonds. The lowest BCUT2D eigenvalue weighted by Gasteiger charge is -2.17. The van der Waals surface area contributed by atoms with Gasteiger partial charge in [0.25, 0.3) is 28.9 Å². The highest BCUT2D eigenvalue weighted by atomic mass is 16.6. The first-order chi connectivity index (χ1) is 20.0. The molecule has 0 radical (unpaired) electrons. The largest absolute Gasteiger partial charge is 0.369 e. The van der Waals surface area contributed by atoms with E-state index in [9.17, 15) is 45.0 Å². The average Bonchev–Trinajstić information content (AvgIpc) is 2.97. The third-order valence-electron chi connectivity index (χ3n) is 5.79. The fraction of sp³-hybridized carbons (Fsp3) is 0.0370. The van der Waals surface area contributed by atoms with E-state index in [0.29, 0.717) is 0 Å². The SMILES string of the molecule is O=C(Nc1cccc([N+](=O)[O-])c1)c1cc(C(=O)Nc2cccc([N+](=O)[O-])c2)cc(C(O)Nc2cccc([N+](=O)[O-])c2)c1. The standard InChI is InChI=1S/C27H20N6O9/c34-25(28-19-4-1-7-22(13-19)31(37)38)16-10-17(26(35)29-20-5-2-8-23(14-20)32(39)40)12-18(11-16)27(36)30-21-6-3-9-24(15-21)33(41)42/h1-15,25,28,34H,(H,29,35)(H,30,36). The van der Waals surface area contributed by atoms with Gasteiger partial charge in [0.1, 0.15) is 0 Å². The summed E-state index contributed by atoms with van der Waals surface area (Å²) in [5, 5.41) is 51.9. The molecule has 15 heteroatoms. The zero-order valence-electron chi connectivity index (χ0n) is 21.3. The highest BCUT2D eigenvalue weighted by Gasteiger charge is 2.19. The Morgan fingerprint density at radius 2 is 0.976 bits per heavy atom. The molecule has 15 nitrogen and oxygen atoms in total. The lowest BCUT2D eigenvalue weighted by Crippen LogP contribution is -2.18. The lowest BCUT2D eigenvalue weighted by atomic mass is 10.0. The van der Waals surface area contributed by atoms with Gasteiger partial charge in [-0.2, -0.15) is 0 Å². The van der Waals surface area contributed by atoms with E-state index < -0.39 is 32.8 Å². The molecule has 0 aliphatic heterocycles. The van der Waals surface area contributed by atoms with Crippen LogP contribution >= 0.6 is 0 Å². The van der Waals surface area contributed by atoms with Crippen molar-refractivity contribution in [3.63, 3.8) is 0 Å². The van der Waals surface area contributed by atoms with Crippen LogP contribution < -0.4 is 16.0 Å². The monoisotopic (exact) mass is 572 g/mol. The number of nitrogens with zero attached hydrogens (tertiary/aromatic N) is 3. The van der Waals surface area contributed by atoms with Crippen LogP contribution in [0.15, 0.2) is 91.0 Å². The van der Waals surface area contributed by atoms with Crippen LogP contribution in [0.1, 0.15) is 32.5 Å². The maximum atomic E-state index is 13.1. The van der Waals surface area contributed by atoms with E-state index in [2.05, 4.69) is 16.0 Å². The molecule has 0 aliphatic rings. The molecule has 212 valence electrons. The van der Waals surface area contributed by atoms with Crippen molar-refractivity contribution in [1.82, 2.24) is 0 Å². The molecule has 0 aliphatic carbocycles. The molecule has 4 aromatic rings. The molecule has 0 bridgehead atoms. The molecule has 4 aromatic carbocycles. The van der Waals surface area contributed by atoms with Crippen LogP contribution in [0.3, 0.4) is 0 Å². The number of aliphatic hydroxyl groups excluding tert-OH is 1. The number of nitro benzene ring substituents is 3. The minimum Gasteiger partial charge on any atom is -0.369 e. The van der Waals surface area contributed by atoms with Gasteiger partial charge < -0.3 is 21.1 Å². The van der Waals surface area contributed by atoms with E-state index in [0.717, 1.165) is 12.1 Å². The molecule has 0 heterocycles. The predicted molar refractivity (Wildman–Crippen MR) is 150 cm³/mol. The quantitative estimate of drug-likeness (QED) is 0.113. The first kappa shape index (κ1) is 28.8. The van der Waals surface area contributed by atoms with Crippen molar-refractivity contribution in [3.05, 3.63) is 138 Å². The zero-order chi connectivity index (χ0) is 30.4. The topological polar surface area (TPSA) is 220 Å². The Labute approximate surface area is 235 Å². The molecule has 0 spiro atoms. The van der Waals surface area contributed by atoms with Gasteiger partial charge in [-0.3, -0.25) is 39.9 Å². The number of amides is 2. The number of aliphatic hydroxyl groups is 1. The molecule has 0 saturated heterocycles. The van der Waals surface area contributed by atoms with Gasteiger partial charge in [0.2, 0.25) is 0 Å². The van der Waals surface area contributed by atoms with Crippen molar-refractivity contribution in [1.29, 1.82) is 0 Å². The number of benzene rings is 4. The minimum atomic E-state index is -1.55. The van der Waals surface area contributed by atoms with Crippen molar-refractivity contribution >= 4 is 45.9 Å². The number of rotatable bonds is 10. The van der Waals surface area contributed by atoms with Crippen LogP contribution in [-0.2, 0) is 0 Å². The van der Waals surface area contributed by atoms with Crippen LogP contribution in [0.2, 0.25) is 0 Å². The molecule has 4 N–H and O–H groups in total. The van der Waals surface area contributed by atoms with Crippen molar-refractivity contribution in [2.45, 2.75) is 6.23 Å². The molecule has 42 heavy (non-hydrogen) atoms. The molecule has 0 saturated carbocycles. The Hall–Kier alpha value is -6.22. The minimum absolute atomic E-state index is 0.0115. The van der Waals surface area contributed by atoms with Crippen LogP contribution in [-0.4, -0.2) is 31.7 Å². The van der Waals surface area contributed by atoms with E-state index in [1.54, 1.807) is 0 Å². The molecule has 0 aromatic heterocycles. The second-order valence-electron chi connectivity index (χ2n) is 8.72. The Kier molecular flexibility index (Phi) is 8.44. The first-order valence-corrected chi connectivity index (χ1v) is 12.0. The summed E-state index contributed by atoms with van der Waals surface area (Å²) in [7, 11) is 0. The van der Waals surface area contributed by atoms with Crippen molar-refractivity contribution in [2.24, 2.45) is 0 Å². The Balaban J connectivity index is 1.68. The van der Waals surface area contributed by atoms with Crippen molar-refractivity contribution in [3.8, 4) is 0 Å². The third-order valence-corrected chi connectivity index (χ3v) is 5.79. The fourth-order valence-corrected chi connectivity index (χ4v) is 3.82. The van der Waals surface area contributed by atoms with E-state index in [-0.39, 0.29) is 50.8 Å². The summed E-state index contributed by atoms with van der Waals surface area (Å²) in [5.74, 6) is -1.55. The number of non-ortho nitro benzene ring substituents is 3. The lowest BCUT2D eigenvalue weighted by molar-refractivity contribution is -0.385. The maximum absolute atomic E-state index is 13.1. The van der Waals surface area contributed by atoms with E-state index in [1.165, 1.54) is 78.9 Å². The van der Waals surface area contributed by atoms with Crippen LogP contribution in [0.5, 0.6) is 0 Å². The van der Waals surface area contributed by atoms with Crippen molar-refractivity contribution in [2.75, 3.05) is 16.0 Å². The molecular formula is C27H20N6O9. The van der Waals surface area contributed by atoms with Gasteiger partial charge >= 0.3 is 0 Å². The molecular weight excluding hydrogens is 552 g/mol. The Morgan fingerprint density at radius 1 is 0.595 bits per heavy atom. The second-order valence-corrected chi connectivity index (χ2v) is 8.72. The zero-order valence-corrected chi connectivity index (χ0v) is 21.3. The summed E-state index contributed by atoms with van der Waals surface area (Å²) < 4.78 is 0. The van der Waals surface area contributed by atoms with E-state index in [4.69, 9.17) is 0 Å². The number of carbonyl (C=O) groups is 2. The number of carbonyl (C=O) groups excluding carboxylic acids is 2. The van der Waals surface area contributed by atoms with Crippen molar-refractivity contribution < 1.29 is 29.5 Å². The third kappa shape index (κ3) is 7.04. The summed E-state index contributed by atoms with van der Waals surface area (Å²) in [6.07, 6.45) is -1.55. The van der Waals surface area contributed by atoms with Gasteiger partial charge in [0.15, 0.2) is 6.23 Å². The highest BCUT2D eigenvalue weighted by Crippen LogP contribution is 2.25. The number of nitrogens with one attached hydrogen (secondary N) is 3. The van der Waals surface area contributed by atoms with E-state index >= 15 is 0 Å². The summed E-state index contributed by atoms with van der Waals surface area (Å²) in [6, 6.07) is 19.3. The summed E-state index contributed by atoms with van der Waals surface area (Å²) >= 11 is 0. The van der Waals surface area contributed by atoms with Gasteiger partial charge in [-0.25, -0.2) is 0 Å². The van der Waals surface area contributed by atoms with Gasteiger partial charge in [-0.1, -0.05) is 18.2 Å². The fourth-order valence-electron chi connectivity index (χ4n) is 3.82. The first-order valence-electron chi connectivity index (χ1n) is 12.0. The summed E-state index contributed by atoms with van der Waals surface area (Å²) in [6.45, 7) is 0. The van der Waals surface area contributed by atoms with Crippen LogP contribution in [0.4, 0.5) is 34.1 Å². The van der Waals surface area contributed by atoms with Gasteiger partial charge in [-0.15, -0.1) is 0 Å². The molecule has 4 rings (SSSR count). The predicted octanol–water partition coefficient (Wildman–Crippen LogP) is 5.02. The van der Waals surface area contributed by atoms with Gasteiger partial charge in [-0.05, 0) is 36.4 Å². The average molecular weight is 572 g/mol. The maximum Gasteiger partial charge on any atom is 0.271 e. The summed E-state index contributed by atoms with van der Waals surface area (Å²) in [5.41, 5.74) is -0.649. The van der Waals surface area contributed by atoms with Crippen LogP contribution in [0, 0.1) is 30.3 Å². The highest BCUT2D eigenvalue weighted by molar-refractivity contribution is 6.09. The van der Waals surface area contributed by atoms with Crippen LogP contribution in [0.25, 0.3) is 0 Å². The normalized spacial score (nSPS) is 11.2. The molecule has 1 atom stereocenters. The van der Waals surface area contributed by atoms with E-state index in [1.807, 2.05) is 0 Å². The van der Waals surface area contributed by atoms with Gasteiger partial charge in [0.05, 0.1) is 14.8 Å². The number of hydrogen-bond acceptors (Lipinski definition) is 10.